The molecule has 50 heavy (non-hydrogen) atoms. The summed E-state index contributed by atoms with van der Waals surface area (Å²) >= 11 is 0. The maximum Gasteiger partial charge on any atom is 3.00 e. The molecule has 0 unspecified atom stereocenters. The van der Waals surface area contributed by atoms with E-state index in [2.05, 4.69) is 0 Å². The quantitative estimate of drug-likeness (QED) is 0.204. The molecule has 0 saturated carbocycles. The molecule has 0 fully saturated rings. The molecule has 6 aromatic carbocycles. The first-order valence-corrected chi connectivity index (χ1v) is 20.6. The zero-order valence-corrected chi connectivity index (χ0v) is 30.8. The molecule has 0 heterocycles. The van der Waals surface area contributed by atoms with Crippen LogP contribution >= 0.6 is 41.7 Å². The number of hydrogen-bond acceptors (Lipinski definition) is 9. The largest absolute Gasteiger partial charge is 3.00 e. The van der Waals surface area contributed by atoms with Gasteiger partial charge in [0.1, 0.15) is 0 Å². The molecular weight excluding hydrogens is 731 g/mol. The van der Waals surface area contributed by atoms with Gasteiger partial charge in [-0.25, -0.2) is 0 Å². The predicted octanol–water partition coefficient (Wildman–Crippen LogP) is 0.668. The Morgan fingerprint density at radius 1 is 0.240 bits per heavy atom. The maximum absolute atomic E-state index is 12.2. The standard InChI is InChI=1S/3C12H11O3P.2P/c3*13-16(14,15,11-7-3-1-4-8-11)12-9-5-2-6-10-12;;/h3*1-10,13H;;/q3*-2;2*+3. The third-order valence-electron chi connectivity index (χ3n) is 7.27. The molecule has 4 radical (unpaired) electrons. The Morgan fingerprint density at radius 3 is 0.440 bits per heavy atom. The Bertz CT molecular complexity index is 1520. The van der Waals surface area contributed by atoms with Crippen LogP contribution in [0.4, 0.5) is 0 Å². The van der Waals surface area contributed by atoms with E-state index in [9.17, 15) is 44.0 Å². The molecule has 0 aromatic heterocycles. The van der Waals surface area contributed by atoms with E-state index in [0.717, 1.165) is 0 Å². The first-order valence-electron chi connectivity index (χ1n) is 14.5. The summed E-state index contributed by atoms with van der Waals surface area (Å²) in [5, 5.41) is -0.502. The fourth-order valence-corrected chi connectivity index (χ4v) is 9.67. The van der Waals surface area contributed by atoms with E-state index in [0.29, 0.717) is 0 Å². The van der Waals surface area contributed by atoms with E-state index in [1.165, 1.54) is 72.8 Å². The number of rotatable bonds is 6. The van der Waals surface area contributed by atoms with Gasteiger partial charge < -0.3 is 0 Å². The summed E-state index contributed by atoms with van der Waals surface area (Å²) in [7, 11) is -16.3. The summed E-state index contributed by atoms with van der Waals surface area (Å²) in [6, 6.07) is 45.6. The molecular formula is C36H33O9P5. The van der Waals surface area contributed by atoms with Crippen LogP contribution in [-0.2, 0) is 0 Å². The summed E-state index contributed by atoms with van der Waals surface area (Å²) in [4.78, 5) is 103. The molecule has 0 atom stereocenters. The zero-order chi connectivity index (χ0) is 35.0. The van der Waals surface area contributed by atoms with Gasteiger partial charge in [-0.15, -0.1) is 0 Å². The van der Waals surface area contributed by atoms with Crippen LogP contribution in [0.5, 0.6) is 0 Å². The molecule has 9 nitrogen and oxygen atoms in total. The minimum absolute atomic E-state index is 0. The van der Waals surface area contributed by atoms with Crippen molar-refractivity contribution in [3.8, 4) is 0 Å². The Kier molecular flexibility index (Phi) is 14.4. The molecule has 3 N–H and O–H groups in total. The topological polar surface area (TPSA) is 199 Å². The second-order valence-electron chi connectivity index (χ2n) is 10.8. The Hall–Kier alpha value is -2.89. The molecule has 0 amide bonds. The summed E-state index contributed by atoms with van der Waals surface area (Å²) in [6.07, 6.45) is 0. The van der Waals surface area contributed by atoms with E-state index >= 15 is 0 Å². The van der Waals surface area contributed by atoms with Gasteiger partial charge >= 0.3 is 300 Å². The molecule has 0 aliphatic heterocycles. The van der Waals surface area contributed by atoms with Crippen molar-refractivity contribution >= 4 is 73.5 Å². The minimum atomic E-state index is -5.43. The summed E-state index contributed by atoms with van der Waals surface area (Å²) in [6.45, 7) is 0. The summed E-state index contributed by atoms with van der Waals surface area (Å²) in [5.74, 6) is 0. The molecule has 14 heteroatoms. The smallest absolute Gasteiger partial charge is 3.00 e. The van der Waals surface area contributed by atoms with Crippen LogP contribution in [0.15, 0.2) is 182 Å². The maximum atomic E-state index is 12.2. The van der Waals surface area contributed by atoms with Crippen LogP contribution < -0.4 is 61.2 Å². The predicted molar refractivity (Wildman–Crippen MR) is 198 cm³/mol. The van der Waals surface area contributed by atoms with Crippen LogP contribution in [0, 0.1) is 0 Å². The summed E-state index contributed by atoms with van der Waals surface area (Å²) in [5.41, 5.74) is 0. The monoisotopic (exact) mass is 764 g/mol. The summed E-state index contributed by atoms with van der Waals surface area (Å²) < 4.78 is 0. The average Bonchev–Trinajstić information content (AvgIpc) is 3.11. The van der Waals surface area contributed by atoms with Crippen molar-refractivity contribution in [2.24, 2.45) is 0 Å². The van der Waals surface area contributed by atoms with Crippen LogP contribution in [0.2, 0.25) is 0 Å². The van der Waals surface area contributed by atoms with Crippen LogP contribution in [0.3, 0.4) is 0 Å². The molecule has 0 aliphatic carbocycles. The average molecular weight is 765 g/mol. The van der Waals surface area contributed by atoms with Gasteiger partial charge in [-0.2, -0.15) is 0 Å². The van der Waals surface area contributed by atoms with Gasteiger partial charge in [0, 0.05) is 0 Å². The minimum Gasteiger partial charge on any atom is 3.00 e. The second-order valence-corrected chi connectivity index (χ2v) is 19.3. The van der Waals surface area contributed by atoms with Crippen molar-refractivity contribution in [3.63, 3.8) is 0 Å². The SMILES string of the molecule is [O-]P([O-])(O)(c1ccccc1)c1ccccc1.[O-]P([O-])(O)(c1ccccc1)c1ccccc1.[O-]P([O-])(O)(c1ccccc1)c1ccccc1.[P+3].[P+3]. The first kappa shape index (κ1) is 43.3. The molecule has 0 saturated heterocycles. The van der Waals surface area contributed by atoms with Crippen LogP contribution in [0.1, 0.15) is 0 Å². The van der Waals surface area contributed by atoms with Gasteiger partial charge in [-0.05, 0) is 0 Å². The van der Waals surface area contributed by atoms with Crippen molar-refractivity contribution in [3.05, 3.63) is 182 Å². The number of benzene rings is 6. The molecule has 0 spiro atoms. The Labute approximate surface area is 298 Å². The van der Waals surface area contributed by atoms with Crippen LogP contribution in [0.25, 0.3) is 0 Å². The second kappa shape index (κ2) is 16.6. The van der Waals surface area contributed by atoms with Gasteiger partial charge in [0.05, 0.1) is 0 Å². The Morgan fingerprint density at radius 2 is 0.340 bits per heavy atom. The van der Waals surface area contributed by atoms with Crippen molar-refractivity contribution in [1.82, 2.24) is 0 Å². The molecule has 0 bridgehead atoms. The first-order chi connectivity index (χ1) is 22.5. The van der Waals surface area contributed by atoms with Gasteiger partial charge in [0.2, 0.25) is 0 Å². The van der Waals surface area contributed by atoms with Gasteiger partial charge in [-0.3, -0.25) is 0 Å². The van der Waals surface area contributed by atoms with Crippen molar-refractivity contribution in [2.75, 3.05) is 0 Å². The van der Waals surface area contributed by atoms with Crippen molar-refractivity contribution < 1.29 is 44.0 Å². The van der Waals surface area contributed by atoms with E-state index in [-0.39, 0.29) is 51.6 Å². The molecule has 6 aromatic rings. The molecule has 0 aliphatic rings. The van der Waals surface area contributed by atoms with Crippen LogP contribution in [-0.4, -0.2) is 14.7 Å². The fourth-order valence-electron chi connectivity index (χ4n) is 4.59. The van der Waals surface area contributed by atoms with Crippen molar-refractivity contribution in [1.29, 1.82) is 0 Å². The molecule has 256 valence electrons. The van der Waals surface area contributed by atoms with E-state index in [1.54, 1.807) is 109 Å². The van der Waals surface area contributed by atoms with Gasteiger partial charge in [0.25, 0.3) is 0 Å². The van der Waals surface area contributed by atoms with E-state index < -0.39 is 21.9 Å². The third-order valence-corrected chi connectivity index (χ3v) is 14.5. The van der Waals surface area contributed by atoms with E-state index in [1.807, 2.05) is 0 Å². The van der Waals surface area contributed by atoms with E-state index in [4.69, 9.17) is 0 Å². The Balaban J connectivity index is 0.000000255. The normalized spacial score (nSPS) is 13.5. The van der Waals surface area contributed by atoms with Gasteiger partial charge in [-0.1, -0.05) is 0 Å². The fraction of sp³-hybridized carbons (Fsp3) is 0. The number of hydrogen-bond donors (Lipinski definition) is 3. The third kappa shape index (κ3) is 10.1. The molecule has 6 rings (SSSR count). The zero-order valence-electron chi connectivity index (χ0n) is 26.3. The van der Waals surface area contributed by atoms with Gasteiger partial charge in [0.15, 0.2) is 0 Å². The van der Waals surface area contributed by atoms with Crippen molar-refractivity contribution in [2.45, 2.75) is 0 Å².